The smallest absolute Gasteiger partial charge is 0.423 e. The van der Waals surface area contributed by atoms with Crippen molar-refractivity contribution in [3.05, 3.63) is 50.5 Å². The van der Waals surface area contributed by atoms with Crippen molar-refractivity contribution in [1.29, 1.82) is 0 Å². The Balaban J connectivity index is 1.97. The van der Waals surface area contributed by atoms with Gasteiger partial charge in [0, 0.05) is 37.3 Å². The minimum atomic E-state index is -1.12. The number of ketones is 1. The van der Waals surface area contributed by atoms with Gasteiger partial charge in [0.15, 0.2) is 11.9 Å². The highest BCUT2D eigenvalue weighted by molar-refractivity contribution is 7.09. The molecule has 1 N–H and O–H groups in total. The number of hydrogen-bond acceptors (Lipinski definition) is 12. The third kappa shape index (κ3) is 11.8. The molecule has 0 spiro atoms. The Morgan fingerprint density at radius 1 is 1.20 bits per heavy atom. The zero-order valence-corrected chi connectivity index (χ0v) is 31.0. The number of likely N-dealkylation sites (tertiary alicyclic amines) is 1. The first-order valence-corrected chi connectivity index (χ1v) is 18.1. The molecule has 1 saturated heterocycles. The van der Waals surface area contributed by atoms with Crippen LogP contribution in [-0.4, -0.2) is 81.9 Å². The molecule has 3 rings (SSSR count). The summed E-state index contributed by atoms with van der Waals surface area (Å²) in [6, 6.07) is 2.92. The Labute approximate surface area is 303 Å². The number of nitro benzene ring substituents is 1. The number of hydrogen-bond donors (Lipinski definition) is 1. The quantitative estimate of drug-likeness (QED) is 0.0357. The highest BCUT2D eigenvalue weighted by atomic mass is 32.1. The largest absolute Gasteiger partial charge is 0.514 e. The number of piperidine rings is 1. The van der Waals surface area contributed by atoms with E-state index in [0.29, 0.717) is 30.7 Å². The van der Waals surface area contributed by atoms with E-state index in [9.17, 15) is 29.3 Å². The molecule has 1 aromatic carbocycles. The number of likely N-dealkylation sites (N-methyl/N-ethyl adjacent to an activating group) is 1. The molecule has 0 aliphatic carbocycles. The van der Waals surface area contributed by atoms with Crippen molar-refractivity contribution < 1.29 is 38.4 Å². The molecule has 1 aliphatic rings. The van der Waals surface area contributed by atoms with E-state index in [0.717, 1.165) is 30.7 Å². The van der Waals surface area contributed by atoms with Crippen molar-refractivity contribution in [3.8, 4) is 18.1 Å². The van der Waals surface area contributed by atoms with Gasteiger partial charge in [-0.15, -0.1) is 23.7 Å². The number of nitrogens with one attached hydrogen (secondary N) is 1. The van der Waals surface area contributed by atoms with Crippen molar-refractivity contribution in [3.63, 3.8) is 0 Å². The molecular weight excluding hydrogens is 678 g/mol. The number of amides is 2. The number of non-ortho nitro benzene ring substituents is 1. The Morgan fingerprint density at radius 2 is 1.90 bits per heavy atom. The minimum Gasteiger partial charge on any atom is -0.423 e. The third-order valence-electron chi connectivity index (χ3n) is 8.93. The minimum absolute atomic E-state index is 0.00863. The lowest BCUT2D eigenvalue weighted by Gasteiger charge is -2.39. The summed E-state index contributed by atoms with van der Waals surface area (Å²) >= 11 is 1.11. The topological polar surface area (TPSA) is 171 Å². The molecule has 5 atom stereocenters. The van der Waals surface area contributed by atoms with Crippen LogP contribution in [0.4, 0.5) is 10.5 Å². The van der Waals surface area contributed by atoms with E-state index in [-0.39, 0.29) is 59.7 Å². The number of nitrogens with zero attached hydrogens (tertiary/aromatic N) is 4. The zero-order chi connectivity index (χ0) is 37.7. The first kappa shape index (κ1) is 41.0. The van der Waals surface area contributed by atoms with E-state index < -0.39 is 35.2 Å². The molecule has 1 aliphatic heterocycles. The maximum atomic E-state index is 14.6. The normalized spacial score (nSPS) is 17.0. The second-order valence-electron chi connectivity index (χ2n) is 13.1. The fraction of sp³-hybridized carbons (Fsp3) is 0.583. The number of aromatic nitrogens is 1. The fourth-order valence-corrected chi connectivity index (χ4v) is 6.56. The second-order valence-corrected chi connectivity index (χ2v) is 13.9. The van der Waals surface area contributed by atoms with Gasteiger partial charge in [-0.3, -0.25) is 34.2 Å². The SMILES string of the molecule is C#CCCCON(C(=O)[C@@H](NC(=O)[C@H]1CCCCN1C)[C@@H](C)CC)[C@H](C[C@@H](OC(=O)Oc1ccc([N+](=O)[O-])cc1)c1nc(C(C)=O)cs1)C(C)C. The number of ether oxygens (including phenoxy) is 2. The lowest BCUT2D eigenvalue weighted by atomic mass is 9.93. The molecule has 15 heteroatoms. The van der Waals surface area contributed by atoms with Crippen LogP contribution in [0.2, 0.25) is 0 Å². The van der Waals surface area contributed by atoms with E-state index >= 15 is 0 Å². The number of unbranched alkanes of at least 4 members (excludes halogenated alkanes) is 1. The van der Waals surface area contributed by atoms with Crippen molar-refractivity contribution in [2.75, 3.05) is 20.2 Å². The van der Waals surface area contributed by atoms with Crippen molar-refractivity contribution in [1.82, 2.24) is 20.3 Å². The number of thiazole rings is 1. The van der Waals surface area contributed by atoms with Crippen molar-refractivity contribution in [2.24, 2.45) is 11.8 Å². The molecule has 1 aromatic heterocycles. The van der Waals surface area contributed by atoms with E-state index in [2.05, 4.69) is 16.2 Å². The van der Waals surface area contributed by atoms with Gasteiger partial charge in [-0.25, -0.2) is 14.8 Å². The number of rotatable bonds is 18. The van der Waals surface area contributed by atoms with Gasteiger partial charge < -0.3 is 14.8 Å². The molecule has 51 heavy (non-hydrogen) atoms. The Bertz CT molecular complexity index is 1540. The summed E-state index contributed by atoms with van der Waals surface area (Å²) in [4.78, 5) is 76.6. The Kier molecular flexibility index (Phi) is 16.0. The van der Waals surface area contributed by atoms with Gasteiger partial charge in [0.05, 0.1) is 23.6 Å². The number of hydroxylamine groups is 2. The number of carbonyl (C=O) groups is 4. The van der Waals surface area contributed by atoms with Crippen LogP contribution in [0, 0.1) is 34.3 Å². The molecular formula is C36H49N5O9S. The number of benzene rings is 1. The van der Waals surface area contributed by atoms with Crippen LogP contribution in [0.5, 0.6) is 5.75 Å². The first-order chi connectivity index (χ1) is 24.3. The molecule has 1 fully saturated rings. The zero-order valence-electron chi connectivity index (χ0n) is 30.2. The van der Waals surface area contributed by atoms with Crippen LogP contribution in [0.1, 0.15) is 101 Å². The lowest BCUT2D eigenvalue weighted by molar-refractivity contribution is -0.384. The summed E-state index contributed by atoms with van der Waals surface area (Å²) in [6.45, 7) is 9.89. The fourth-order valence-electron chi connectivity index (χ4n) is 5.66. The summed E-state index contributed by atoms with van der Waals surface area (Å²) in [5.41, 5.74) is -0.00306. The predicted octanol–water partition coefficient (Wildman–Crippen LogP) is 6.11. The first-order valence-electron chi connectivity index (χ1n) is 17.3. The molecule has 278 valence electrons. The van der Waals surface area contributed by atoms with Crippen molar-refractivity contribution >= 4 is 40.8 Å². The molecule has 2 heterocycles. The van der Waals surface area contributed by atoms with Crippen LogP contribution in [0.3, 0.4) is 0 Å². The van der Waals surface area contributed by atoms with Gasteiger partial charge in [0.1, 0.15) is 22.5 Å². The van der Waals surface area contributed by atoms with Gasteiger partial charge in [0.2, 0.25) is 5.91 Å². The van der Waals surface area contributed by atoms with E-state index in [4.69, 9.17) is 20.7 Å². The molecule has 0 bridgehead atoms. The Morgan fingerprint density at radius 3 is 2.47 bits per heavy atom. The molecule has 2 amide bonds. The summed E-state index contributed by atoms with van der Waals surface area (Å²) in [6.07, 6.45) is 7.34. The average Bonchev–Trinajstić information content (AvgIpc) is 3.60. The monoisotopic (exact) mass is 727 g/mol. The maximum Gasteiger partial charge on any atom is 0.514 e. The van der Waals surface area contributed by atoms with Crippen LogP contribution >= 0.6 is 11.3 Å². The lowest BCUT2D eigenvalue weighted by Crippen LogP contribution is -2.58. The summed E-state index contributed by atoms with van der Waals surface area (Å²) in [7, 11) is 1.90. The number of nitro groups is 1. The van der Waals surface area contributed by atoms with Crippen molar-refractivity contribution in [2.45, 2.75) is 104 Å². The standard InChI is InChI=1S/C36H49N5O9S/c1-8-10-13-20-48-40(35(44)32(24(5)9-2)38-33(43)29-14-11-12-19-39(29)7)30(23(3)4)21-31(34-37-28(22-51-34)25(6)42)50-36(45)49-27-17-15-26(16-18-27)41(46)47/h1,15-18,22-24,29-32H,9-14,19-21H2,2-7H3,(H,38,43)/t24-,29+,30+,31+,32-/m0/s1. The van der Waals surface area contributed by atoms with Crippen LogP contribution < -0.4 is 10.1 Å². The molecule has 0 radical (unpaired) electrons. The average molecular weight is 728 g/mol. The van der Waals surface area contributed by atoms with Gasteiger partial charge in [-0.2, -0.15) is 0 Å². The molecule has 0 saturated carbocycles. The highest BCUT2D eigenvalue weighted by Crippen LogP contribution is 2.32. The summed E-state index contributed by atoms with van der Waals surface area (Å²) in [5.74, 6) is 1.11. The third-order valence-corrected chi connectivity index (χ3v) is 9.87. The maximum absolute atomic E-state index is 14.6. The van der Waals surface area contributed by atoms with Crippen LogP contribution in [0.25, 0.3) is 0 Å². The van der Waals surface area contributed by atoms with Crippen LogP contribution in [-0.2, 0) is 19.2 Å². The van der Waals surface area contributed by atoms with E-state index in [1.807, 2.05) is 39.6 Å². The van der Waals surface area contributed by atoms with Gasteiger partial charge >= 0.3 is 6.16 Å². The predicted molar refractivity (Wildman–Crippen MR) is 191 cm³/mol. The van der Waals surface area contributed by atoms with E-state index in [1.165, 1.54) is 36.3 Å². The molecule has 14 nitrogen and oxygen atoms in total. The Hall–Kier alpha value is -4.39. The number of Topliss-reactive ketones (excluding diaryl/α,β-unsaturated/α-hetero) is 1. The van der Waals surface area contributed by atoms with Crippen LogP contribution in [0.15, 0.2) is 29.6 Å². The van der Waals surface area contributed by atoms with E-state index in [1.54, 1.807) is 5.38 Å². The highest BCUT2D eigenvalue weighted by Gasteiger charge is 2.40. The summed E-state index contributed by atoms with van der Waals surface area (Å²) < 4.78 is 11.1. The molecule has 0 unspecified atom stereocenters. The number of terminal acetylenes is 1. The van der Waals surface area contributed by atoms with Gasteiger partial charge in [-0.05, 0) is 56.8 Å². The van der Waals surface area contributed by atoms with Gasteiger partial charge in [-0.1, -0.05) is 40.5 Å². The number of carbonyl (C=O) groups excluding carboxylic acids is 4. The summed E-state index contributed by atoms with van der Waals surface area (Å²) in [5, 5.41) is 17.2. The second kappa shape index (κ2) is 19.9. The van der Waals surface area contributed by atoms with Gasteiger partial charge in [0.25, 0.3) is 11.6 Å². The molecule has 2 aromatic rings.